The van der Waals surface area contributed by atoms with Crippen LogP contribution in [-0.4, -0.2) is 37.5 Å². The second-order valence-electron chi connectivity index (χ2n) is 3.84. The monoisotopic (exact) mass is 163 g/mol. The van der Waals surface area contributed by atoms with Gasteiger partial charge in [0.2, 0.25) is 0 Å². The van der Waals surface area contributed by atoms with Crippen molar-refractivity contribution in [2.45, 2.75) is 25.4 Å². The molecule has 0 spiro atoms. The van der Waals surface area contributed by atoms with Gasteiger partial charge in [-0.1, -0.05) is 5.47 Å². The summed E-state index contributed by atoms with van der Waals surface area (Å²) in [6.07, 6.45) is 2.76. The molecule has 1 aliphatic carbocycles. The fourth-order valence-electron chi connectivity index (χ4n) is 2.34. The van der Waals surface area contributed by atoms with Gasteiger partial charge in [-0.05, 0) is 25.2 Å². The number of nitrogens with zero attached hydrogens (tertiary/aromatic N) is 1. The molecular weight excluding hydrogens is 149 g/mol. The minimum Gasteiger partial charge on any atom is -0.390 e. The van der Waals surface area contributed by atoms with Gasteiger partial charge in [0.25, 0.3) is 0 Å². The molecule has 0 amide bonds. The van der Waals surface area contributed by atoms with E-state index in [1.54, 1.807) is 0 Å². The van der Waals surface area contributed by atoms with E-state index in [9.17, 15) is 5.11 Å². The minimum absolute atomic E-state index is 0.392. The molecule has 0 bridgehead atoms. The maximum Gasteiger partial charge on any atom is 0.113 e. The Morgan fingerprint density at radius 3 is 2.92 bits per heavy atom. The molecule has 1 N–H and O–H groups in total. The molecule has 2 radical (unpaired) electrons. The van der Waals surface area contributed by atoms with Gasteiger partial charge in [-0.3, -0.25) is 0 Å². The van der Waals surface area contributed by atoms with E-state index in [0.29, 0.717) is 11.4 Å². The van der Waals surface area contributed by atoms with E-state index in [-0.39, 0.29) is 0 Å². The van der Waals surface area contributed by atoms with E-state index in [4.69, 9.17) is 7.85 Å². The predicted molar refractivity (Wildman–Crippen MR) is 48.8 cm³/mol. The van der Waals surface area contributed by atoms with Gasteiger partial charge in [0.05, 0.1) is 6.10 Å². The Balaban J connectivity index is 2.33. The van der Waals surface area contributed by atoms with Gasteiger partial charge in [0.1, 0.15) is 7.85 Å². The molecule has 2 aliphatic rings. The van der Waals surface area contributed by atoms with Crippen molar-refractivity contribution in [1.29, 1.82) is 0 Å². The Hall–Kier alpha value is -0.435. The van der Waals surface area contributed by atoms with E-state index < -0.39 is 6.10 Å². The topological polar surface area (TPSA) is 23.5 Å². The van der Waals surface area contributed by atoms with Crippen LogP contribution in [0.1, 0.15) is 19.3 Å². The summed E-state index contributed by atoms with van der Waals surface area (Å²) in [6.45, 7) is 1.09. The zero-order chi connectivity index (χ0) is 8.72. The number of hydrogen-bond donors (Lipinski definition) is 1. The Labute approximate surface area is 74.7 Å². The average Bonchev–Trinajstić information content (AvgIpc) is 2.41. The lowest BCUT2D eigenvalue weighted by molar-refractivity contribution is 0.183. The first kappa shape index (κ1) is 8.18. The van der Waals surface area contributed by atoms with E-state index >= 15 is 0 Å². The van der Waals surface area contributed by atoms with Crippen molar-refractivity contribution in [3.63, 3.8) is 0 Å². The highest BCUT2D eigenvalue weighted by molar-refractivity contribution is 6.22. The zero-order valence-electron chi connectivity index (χ0n) is 7.45. The van der Waals surface area contributed by atoms with Crippen molar-refractivity contribution in [2.24, 2.45) is 5.92 Å². The van der Waals surface area contributed by atoms with Gasteiger partial charge in [0.15, 0.2) is 0 Å². The van der Waals surface area contributed by atoms with E-state index in [2.05, 4.69) is 11.9 Å². The Morgan fingerprint density at radius 2 is 2.17 bits per heavy atom. The number of aliphatic hydroxyl groups is 1. The fourth-order valence-corrected chi connectivity index (χ4v) is 2.34. The Bertz CT molecular complexity index is 227. The lowest BCUT2D eigenvalue weighted by atomic mass is 9.76. The van der Waals surface area contributed by atoms with Crippen LogP contribution in [0.5, 0.6) is 0 Å². The number of allylic oxidation sites excluding steroid dienone is 1. The standard InChI is InChI=1S/C9H14BNO/c1-11-5-4-6-2-3-7(12)8(10)9(6)11/h6-7,12H,2-5H2,1H3. The van der Waals surface area contributed by atoms with Gasteiger partial charge < -0.3 is 10.0 Å². The maximum absolute atomic E-state index is 9.53. The first-order valence-corrected chi connectivity index (χ1v) is 4.59. The summed E-state index contributed by atoms with van der Waals surface area (Å²) in [6, 6.07) is 0. The fraction of sp³-hybridized carbons (Fsp3) is 0.778. The van der Waals surface area contributed by atoms with E-state index in [1.807, 2.05) is 0 Å². The molecule has 1 saturated heterocycles. The van der Waals surface area contributed by atoms with Crippen LogP contribution in [0.15, 0.2) is 11.2 Å². The number of fused-ring (bicyclic) bond motifs is 1. The summed E-state index contributed by atoms with van der Waals surface area (Å²) in [5.74, 6) is 0.624. The Kier molecular flexibility index (Phi) is 1.91. The highest BCUT2D eigenvalue weighted by Crippen LogP contribution is 2.37. The van der Waals surface area contributed by atoms with Crippen LogP contribution in [-0.2, 0) is 0 Å². The van der Waals surface area contributed by atoms with Crippen LogP contribution in [0.25, 0.3) is 0 Å². The van der Waals surface area contributed by atoms with Crippen molar-refractivity contribution in [2.75, 3.05) is 13.6 Å². The summed E-state index contributed by atoms with van der Waals surface area (Å²) >= 11 is 0. The predicted octanol–water partition coefficient (Wildman–Crippen LogP) is 0.473. The molecule has 64 valence electrons. The van der Waals surface area contributed by atoms with Crippen molar-refractivity contribution >= 4 is 7.85 Å². The number of aliphatic hydroxyl groups excluding tert-OH is 1. The molecule has 0 saturated carbocycles. The second kappa shape index (κ2) is 2.80. The SMILES string of the molecule is [B]C1=C2C(CCC1O)CCN2C. The largest absolute Gasteiger partial charge is 0.390 e. The smallest absolute Gasteiger partial charge is 0.113 e. The molecule has 0 aromatic rings. The normalized spacial score (nSPS) is 35.7. The summed E-state index contributed by atoms with van der Waals surface area (Å²) in [7, 11) is 7.90. The summed E-state index contributed by atoms with van der Waals surface area (Å²) < 4.78 is 0. The summed E-state index contributed by atoms with van der Waals surface area (Å²) in [4.78, 5) is 2.18. The number of rotatable bonds is 0. The van der Waals surface area contributed by atoms with Gasteiger partial charge in [-0.25, -0.2) is 0 Å². The highest BCUT2D eigenvalue weighted by atomic mass is 16.3. The minimum atomic E-state index is -0.392. The first-order valence-electron chi connectivity index (χ1n) is 4.59. The molecule has 1 aliphatic heterocycles. The van der Waals surface area contributed by atoms with Crippen LogP contribution in [0, 0.1) is 5.92 Å². The number of likely N-dealkylation sites (tertiary alicyclic amines) is 1. The molecule has 1 heterocycles. The quantitative estimate of drug-likeness (QED) is 0.525. The average molecular weight is 163 g/mol. The van der Waals surface area contributed by atoms with Gasteiger partial charge in [0, 0.05) is 19.3 Å². The van der Waals surface area contributed by atoms with Gasteiger partial charge >= 0.3 is 0 Å². The van der Waals surface area contributed by atoms with Crippen LogP contribution >= 0.6 is 0 Å². The third kappa shape index (κ3) is 1.07. The van der Waals surface area contributed by atoms with Crippen molar-refractivity contribution in [3.8, 4) is 0 Å². The van der Waals surface area contributed by atoms with Crippen LogP contribution in [0.4, 0.5) is 0 Å². The van der Waals surface area contributed by atoms with Gasteiger partial charge in [-0.15, -0.1) is 0 Å². The van der Waals surface area contributed by atoms with Crippen LogP contribution in [0.2, 0.25) is 0 Å². The molecule has 3 heteroatoms. The summed E-state index contributed by atoms with van der Waals surface area (Å²) in [5.41, 5.74) is 1.92. The van der Waals surface area contributed by atoms with E-state index in [0.717, 1.165) is 19.4 Å². The third-order valence-corrected chi connectivity index (χ3v) is 3.05. The molecule has 1 fully saturated rings. The van der Waals surface area contributed by atoms with Crippen LogP contribution < -0.4 is 0 Å². The van der Waals surface area contributed by atoms with Crippen molar-refractivity contribution < 1.29 is 5.11 Å². The first-order chi connectivity index (χ1) is 5.70. The van der Waals surface area contributed by atoms with Gasteiger partial charge in [-0.2, -0.15) is 0 Å². The Morgan fingerprint density at radius 1 is 1.42 bits per heavy atom. The molecule has 0 aromatic carbocycles. The molecule has 12 heavy (non-hydrogen) atoms. The van der Waals surface area contributed by atoms with Crippen LogP contribution in [0.3, 0.4) is 0 Å². The molecule has 2 unspecified atom stereocenters. The molecule has 2 nitrogen and oxygen atoms in total. The summed E-state index contributed by atoms with van der Waals surface area (Å²) in [5, 5.41) is 9.53. The van der Waals surface area contributed by atoms with Crippen molar-refractivity contribution in [3.05, 3.63) is 11.2 Å². The molecular formula is C9H14BNO. The second-order valence-corrected chi connectivity index (χ2v) is 3.84. The maximum atomic E-state index is 9.53. The molecule has 0 aromatic heterocycles. The molecule has 2 atom stereocenters. The zero-order valence-corrected chi connectivity index (χ0v) is 7.45. The lowest BCUT2D eigenvalue weighted by Crippen LogP contribution is -2.26. The van der Waals surface area contributed by atoms with E-state index in [1.165, 1.54) is 12.1 Å². The highest BCUT2D eigenvalue weighted by Gasteiger charge is 2.32. The lowest BCUT2D eigenvalue weighted by Gasteiger charge is -2.29. The van der Waals surface area contributed by atoms with Crippen molar-refractivity contribution in [1.82, 2.24) is 4.90 Å². The molecule has 2 rings (SSSR count). The third-order valence-electron chi connectivity index (χ3n) is 3.05. The number of hydrogen-bond acceptors (Lipinski definition) is 2.